The first kappa shape index (κ1) is 22.8. The number of hydrogen-bond donors (Lipinski definition) is 3. The van der Waals surface area contributed by atoms with Gasteiger partial charge in [-0.1, -0.05) is 13.8 Å². The predicted molar refractivity (Wildman–Crippen MR) is 93.4 cm³/mol. The lowest BCUT2D eigenvalue weighted by molar-refractivity contribution is -0.190. The van der Waals surface area contributed by atoms with Crippen LogP contribution in [0.15, 0.2) is 0 Å². The highest BCUT2D eigenvalue weighted by atomic mass is 16.6. The van der Waals surface area contributed by atoms with Gasteiger partial charge in [0.1, 0.15) is 6.10 Å². The summed E-state index contributed by atoms with van der Waals surface area (Å²) in [6, 6.07) is 0. The molecule has 0 amide bonds. The third-order valence-electron chi connectivity index (χ3n) is 5.11. The van der Waals surface area contributed by atoms with Crippen LogP contribution < -0.4 is 0 Å². The van der Waals surface area contributed by atoms with E-state index in [0.29, 0.717) is 19.8 Å². The Morgan fingerprint density at radius 2 is 1.80 bits per heavy atom. The Kier molecular flexibility index (Phi) is 11.1. The van der Waals surface area contributed by atoms with Crippen molar-refractivity contribution in [2.24, 2.45) is 17.8 Å². The van der Waals surface area contributed by atoms with Gasteiger partial charge in [0.05, 0.1) is 51.3 Å². The van der Waals surface area contributed by atoms with E-state index in [1.54, 1.807) is 7.11 Å². The van der Waals surface area contributed by atoms with E-state index in [2.05, 4.69) is 0 Å². The van der Waals surface area contributed by atoms with Gasteiger partial charge >= 0.3 is 0 Å². The summed E-state index contributed by atoms with van der Waals surface area (Å²) in [5, 5.41) is 29.1. The lowest BCUT2D eigenvalue weighted by atomic mass is 9.83. The number of aliphatic hydroxyl groups is 3. The van der Waals surface area contributed by atoms with Gasteiger partial charge in [0.2, 0.25) is 0 Å². The van der Waals surface area contributed by atoms with Gasteiger partial charge in [-0.15, -0.1) is 0 Å². The Bertz CT molecular complexity index is 337. The van der Waals surface area contributed by atoms with Gasteiger partial charge in [-0.3, -0.25) is 0 Å². The number of methoxy groups -OCH3 is 1. The van der Waals surface area contributed by atoms with Gasteiger partial charge in [0.25, 0.3) is 0 Å². The van der Waals surface area contributed by atoms with Gasteiger partial charge in [0.15, 0.2) is 0 Å². The highest BCUT2D eigenvalue weighted by molar-refractivity contribution is 4.88. The zero-order valence-electron chi connectivity index (χ0n) is 16.0. The van der Waals surface area contributed by atoms with Crippen LogP contribution >= 0.6 is 0 Å². The van der Waals surface area contributed by atoms with Crippen LogP contribution in [-0.2, 0) is 18.9 Å². The third-order valence-corrected chi connectivity index (χ3v) is 5.11. The molecule has 7 nitrogen and oxygen atoms in total. The molecule has 3 N–H and O–H groups in total. The Balaban J connectivity index is 2.40. The molecular weight excluding hydrogens is 328 g/mol. The van der Waals surface area contributed by atoms with E-state index in [9.17, 15) is 15.3 Å². The maximum absolute atomic E-state index is 10.5. The molecule has 0 bridgehead atoms. The molecule has 25 heavy (non-hydrogen) atoms. The molecule has 0 aromatic heterocycles. The van der Waals surface area contributed by atoms with Crippen LogP contribution in [0.25, 0.3) is 0 Å². The lowest BCUT2D eigenvalue weighted by Crippen LogP contribution is -2.52. The monoisotopic (exact) mass is 364 g/mol. The van der Waals surface area contributed by atoms with Crippen molar-refractivity contribution >= 4 is 0 Å². The molecular formula is C18H36O7. The Morgan fingerprint density at radius 1 is 1.08 bits per heavy atom. The van der Waals surface area contributed by atoms with Crippen LogP contribution in [0.5, 0.6) is 0 Å². The molecule has 7 heteroatoms. The van der Waals surface area contributed by atoms with Crippen LogP contribution in [0, 0.1) is 17.8 Å². The fraction of sp³-hybridized carbons (Fsp3) is 1.00. The van der Waals surface area contributed by atoms with Crippen molar-refractivity contribution in [2.45, 2.75) is 51.6 Å². The van der Waals surface area contributed by atoms with Crippen LogP contribution in [0.4, 0.5) is 0 Å². The quantitative estimate of drug-likeness (QED) is 0.462. The molecule has 7 unspecified atom stereocenters. The van der Waals surface area contributed by atoms with Crippen molar-refractivity contribution in [1.82, 2.24) is 0 Å². The highest BCUT2D eigenvalue weighted by Crippen LogP contribution is 2.30. The number of ether oxygens (including phenoxy) is 4. The minimum absolute atomic E-state index is 0.0375. The minimum Gasteiger partial charge on any atom is -0.396 e. The van der Waals surface area contributed by atoms with Crippen LogP contribution in [0.3, 0.4) is 0 Å². The van der Waals surface area contributed by atoms with Crippen LogP contribution in [0.2, 0.25) is 0 Å². The minimum atomic E-state index is -0.531. The molecule has 150 valence electrons. The van der Waals surface area contributed by atoms with Crippen molar-refractivity contribution in [3.05, 3.63) is 0 Å². The summed E-state index contributed by atoms with van der Waals surface area (Å²) in [7, 11) is 1.62. The molecule has 0 radical (unpaired) electrons. The zero-order valence-corrected chi connectivity index (χ0v) is 16.0. The topological polar surface area (TPSA) is 97.6 Å². The normalized spacial score (nSPS) is 32.5. The first-order valence-corrected chi connectivity index (χ1v) is 9.21. The lowest BCUT2D eigenvalue weighted by Gasteiger charge is -2.42. The van der Waals surface area contributed by atoms with E-state index in [-0.39, 0.29) is 49.8 Å². The number of hydrogen-bond acceptors (Lipinski definition) is 7. The molecule has 0 aliphatic carbocycles. The molecule has 0 aromatic carbocycles. The van der Waals surface area contributed by atoms with E-state index in [1.807, 2.05) is 20.8 Å². The van der Waals surface area contributed by atoms with E-state index in [0.717, 1.165) is 6.42 Å². The molecule has 0 aromatic rings. The fourth-order valence-electron chi connectivity index (χ4n) is 3.04. The number of rotatable bonds is 12. The first-order chi connectivity index (χ1) is 12.0. The summed E-state index contributed by atoms with van der Waals surface area (Å²) >= 11 is 0. The molecule has 1 saturated heterocycles. The Hall–Kier alpha value is -0.280. The van der Waals surface area contributed by atoms with Crippen molar-refractivity contribution < 1.29 is 34.3 Å². The summed E-state index contributed by atoms with van der Waals surface area (Å²) in [6.07, 6.45) is -0.408. The molecule has 0 saturated carbocycles. The van der Waals surface area contributed by atoms with E-state index in [1.165, 1.54) is 0 Å². The van der Waals surface area contributed by atoms with Crippen molar-refractivity contribution in [3.63, 3.8) is 0 Å². The summed E-state index contributed by atoms with van der Waals surface area (Å²) in [5.41, 5.74) is 0. The summed E-state index contributed by atoms with van der Waals surface area (Å²) in [5.74, 6) is -0.103. The second-order valence-corrected chi connectivity index (χ2v) is 6.98. The third kappa shape index (κ3) is 7.09. The maximum atomic E-state index is 10.5. The molecule has 7 atom stereocenters. The molecule has 1 aliphatic heterocycles. The van der Waals surface area contributed by atoms with Crippen molar-refractivity contribution in [1.29, 1.82) is 0 Å². The predicted octanol–water partition coefficient (Wildman–Crippen LogP) is 0.446. The van der Waals surface area contributed by atoms with E-state index in [4.69, 9.17) is 18.9 Å². The van der Waals surface area contributed by atoms with E-state index >= 15 is 0 Å². The Labute approximate surface area is 151 Å². The standard InChI is InChI=1S/C18H36O7/c1-5-14(6-19)8-24-15(7-20)9-23-10-16-13(3)25-17(11-22-4)12(2)18(16)21/h12-21H,5-11H2,1-4H3. The molecule has 1 aliphatic rings. The Morgan fingerprint density at radius 3 is 2.36 bits per heavy atom. The summed E-state index contributed by atoms with van der Waals surface area (Å²) < 4.78 is 22.4. The maximum Gasteiger partial charge on any atom is 0.104 e. The van der Waals surface area contributed by atoms with Crippen LogP contribution in [-0.4, -0.2) is 86.5 Å². The molecule has 1 heterocycles. The van der Waals surface area contributed by atoms with Gasteiger partial charge < -0.3 is 34.3 Å². The molecule has 1 rings (SSSR count). The summed E-state index contributed by atoms with van der Waals surface area (Å²) in [4.78, 5) is 0. The second-order valence-electron chi connectivity index (χ2n) is 6.98. The average molecular weight is 364 g/mol. The van der Waals surface area contributed by atoms with E-state index < -0.39 is 12.2 Å². The average Bonchev–Trinajstić information content (AvgIpc) is 2.61. The van der Waals surface area contributed by atoms with Crippen LogP contribution in [0.1, 0.15) is 27.2 Å². The largest absolute Gasteiger partial charge is 0.396 e. The summed E-state index contributed by atoms with van der Waals surface area (Å²) in [6.45, 7) is 7.22. The molecule has 1 fully saturated rings. The van der Waals surface area contributed by atoms with Crippen molar-refractivity contribution in [2.75, 3.05) is 46.8 Å². The highest BCUT2D eigenvalue weighted by Gasteiger charge is 2.41. The van der Waals surface area contributed by atoms with Gasteiger partial charge in [-0.2, -0.15) is 0 Å². The fourth-order valence-corrected chi connectivity index (χ4v) is 3.04. The zero-order chi connectivity index (χ0) is 18.8. The first-order valence-electron chi connectivity index (χ1n) is 9.21. The molecule has 0 spiro atoms. The second kappa shape index (κ2) is 12.2. The SMILES string of the molecule is CCC(CO)COC(CO)COCC1C(C)OC(COC)C(C)C1O. The van der Waals surface area contributed by atoms with Gasteiger partial charge in [-0.25, -0.2) is 0 Å². The smallest absolute Gasteiger partial charge is 0.104 e. The number of aliphatic hydroxyl groups excluding tert-OH is 3. The van der Waals surface area contributed by atoms with Crippen molar-refractivity contribution in [3.8, 4) is 0 Å². The van der Waals surface area contributed by atoms with Gasteiger partial charge in [0, 0.05) is 31.5 Å². The van der Waals surface area contributed by atoms with Gasteiger partial charge in [-0.05, 0) is 13.3 Å².